The van der Waals surface area contributed by atoms with Gasteiger partial charge in [-0.2, -0.15) is 0 Å². The zero-order valence-corrected chi connectivity index (χ0v) is 10.4. The van der Waals surface area contributed by atoms with Gasteiger partial charge in [-0.15, -0.1) is 11.3 Å². The van der Waals surface area contributed by atoms with Crippen LogP contribution in [-0.2, 0) is 0 Å². The van der Waals surface area contributed by atoms with Crippen molar-refractivity contribution < 1.29 is 0 Å². The molecule has 14 heavy (non-hydrogen) atoms. The van der Waals surface area contributed by atoms with Crippen LogP contribution >= 0.6 is 22.9 Å². The number of rotatable bonds is 3. The van der Waals surface area contributed by atoms with Gasteiger partial charge in [0.1, 0.15) is 0 Å². The van der Waals surface area contributed by atoms with Crippen LogP contribution < -0.4 is 5.32 Å². The molecule has 2 atom stereocenters. The Morgan fingerprint density at radius 2 is 2.21 bits per heavy atom. The van der Waals surface area contributed by atoms with Gasteiger partial charge in [0.25, 0.3) is 0 Å². The molecule has 0 radical (unpaired) electrons. The number of thiophene rings is 1. The lowest BCUT2D eigenvalue weighted by Crippen LogP contribution is -2.12. The van der Waals surface area contributed by atoms with Gasteiger partial charge >= 0.3 is 0 Å². The van der Waals surface area contributed by atoms with Gasteiger partial charge < -0.3 is 5.32 Å². The molecule has 0 amide bonds. The number of halogens is 1. The maximum Gasteiger partial charge on any atom is 0.0931 e. The smallest absolute Gasteiger partial charge is 0.0931 e. The van der Waals surface area contributed by atoms with E-state index in [0.29, 0.717) is 11.3 Å². The summed E-state index contributed by atoms with van der Waals surface area (Å²) in [4.78, 5) is 1.44. The summed E-state index contributed by atoms with van der Waals surface area (Å²) in [5.41, 5.74) is 0.442. The molecule has 0 aliphatic heterocycles. The van der Waals surface area contributed by atoms with E-state index in [2.05, 4.69) is 25.2 Å². The molecule has 1 N–H and O–H groups in total. The maximum atomic E-state index is 5.95. The van der Waals surface area contributed by atoms with Crippen LogP contribution in [0.1, 0.15) is 24.6 Å². The molecule has 1 heterocycles. The molecule has 1 aliphatic carbocycles. The first-order valence-corrected chi connectivity index (χ1v) is 6.16. The molecule has 1 aliphatic rings. The quantitative estimate of drug-likeness (QED) is 0.838. The average molecular weight is 230 g/mol. The third-order valence-corrected chi connectivity index (χ3v) is 4.69. The Bertz CT molecular complexity index is 332. The molecule has 1 aromatic rings. The van der Waals surface area contributed by atoms with E-state index in [0.717, 1.165) is 16.8 Å². The molecule has 0 saturated heterocycles. The Hall–Kier alpha value is -0.0500. The van der Waals surface area contributed by atoms with Gasteiger partial charge in [0.15, 0.2) is 0 Å². The van der Waals surface area contributed by atoms with Crippen LogP contribution in [0.4, 0.5) is 0 Å². The fourth-order valence-corrected chi connectivity index (χ4v) is 3.83. The number of hydrogen-bond donors (Lipinski definition) is 1. The summed E-state index contributed by atoms with van der Waals surface area (Å²) in [6.45, 7) is 5.79. The third kappa shape index (κ3) is 1.60. The molecule has 2 rings (SSSR count). The largest absolute Gasteiger partial charge is 0.319 e. The monoisotopic (exact) mass is 229 g/mol. The minimum absolute atomic E-state index is 0.442. The molecule has 2 unspecified atom stereocenters. The summed E-state index contributed by atoms with van der Waals surface area (Å²) in [7, 11) is 2.02. The number of nitrogens with one attached hydrogen (secondary N) is 1. The van der Waals surface area contributed by atoms with Crippen LogP contribution in [-0.4, -0.2) is 13.6 Å². The first kappa shape index (κ1) is 10.5. The van der Waals surface area contributed by atoms with Crippen molar-refractivity contribution in [3.05, 3.63) is 21.3 Å². The fraction of sp³-hybridized carbons (Fsp3) is 0.636. The van der Waals surface area contributed by atoms with E-state index < -0.39 is 0 Å². The summed E-state index contributed by atoms with van der Waals surface area (Å²) >= 11 is 7.68. The molecule has 0 spiro atoms. The Morgan fingerprint density at radius 1 is 1.50 bits per heavy atom. The predicted octanol–water partition coefficient (Wildman–Crippen LogP) is 3.36. The van der Waals surface area contributed by atoms with Crippen LogP contribution in [0.15, 0.2) is 12.1 Å². The minimum Gasteiger partial charge on any atom is -0.319 e. The molecule has 0 aromatic carbocycles. The second-order valence-electron chi connectivity index (χ2n) is 4.61. The van der Waals surface area contributed by atoms with Gasteiger partial charge in [-0.25, -0.2) is 0 Å². The Balaban J connectivity index is 2.14. The highest BCUT2D eigenvalue weighted by atomic mass is 35.5. The second kappa shape index (κ2) is 3.51. The van der Waals surface area contributed by atoms with E-state index in [1.165, 1.54) is 4.88 Å². The van der Waals surface area contributed by atoms with Gasteiger partial charge in [-0.3, -0.25) is 0 Å². The van der Waals surface area contributed by atoms with E-state index in [-0.39, 0.29) is 0 Å². The van der Waals surface area contributed by atoms with Gasteiger partial charge in [-0.05, 0) is 37.1 Å². The first-order chi connectivity index (χ1) is 6.57. The van der Waals surface area contributed by atoms with Crippen molar-refractivity contribution >= 4 is 22.9 Å². The maximum absolute atomic E-state index is 5.95. The van der Waals surface area contributed by atoms with Gasteiger partial charge in [0.2, 0.25) is 0 Å². The standard InChI is InChI=1S/C11H16ClNS/c1-11(2)7(6-13-3)10(11)8-4-5-9(12)14-8/h4-5,7,10,13H,6H2,1-3H3. The van der Waals surface area contributed by atoms with Crippen LogP contribution in [0.2, 0.25) is 4.34 Å². The fourth-order valence-electron chi connectivity index (χ4n) is 2.41. The molecule has 1 aromatic heterocycles. The van der Waals surface area contributed by atoms with Crippen molar-refractivity contribution in [1.82, 2.24) is 5.32 Å². The number of hydrogen-bond acceptors (Lipinski definition) is 2. The van der Waals surface area contributed by atoms with Gasteiger partial charge in [0.05, 0.1) is 4.34 Å². The summed E-state index contributed by atoms with van der Waals surface area (Å²) in [5, 5.41) is 3.26. The molecule has 0 bridgehead atoms. The summed E-state index contributed by atoms with van der Waals surface area (Å²) in [6.07, 6.45) is 0. The summed E-state index contributed by atoms with van der Waals surface area (Å²) < 4.78 is 0.908. The van der Waals surface area contributed by atoms with E-state index >= 15 is 0 Å². The SMILES string of the molecule is CNCC1C(c2ccc(Cl)s2)C1(C)C. The average Bonchev–Trinajstić information content (AvgIpc) is 2.46. The minimum atomic E-state index is 0.442. The van der Waals surface area contributed by atoms with Crippen molar-refractivity contribution in [2.24, 2.45) is 11.3 Å². The van der Waals surface area contributed by atoms with Crippen LogP contribution in [0, 0.1) is 11.3 Å². The lowest BCUT2D eigenvalue weighted by Gasteiger charge is -1.99. The molecule has 78 valence electrons. The highest BCUT2D eigenvalue weighted by Gasteiger charge is 2.58. The third-order valence-electron chi connectivity index (χ3n) is 3.38. The molecular weight excluding hydrogens is 214 g/mol. The van der Waals surface area contributed by atoms with Crippen molar-refractivity contribution in [2.45, 2.75) is 19.8 Å². The molecule has 1 saturated carbocycles. The lowest BCUT2D eigenvalue weighted by atomic mass is 10.1. The van der Waals surface area contributed by atoms with Crippen molar-refractivity contribution in [1.29, 1.82) is 0 Å². The first-order valence-electron chi connectivity index (χ1n) is 4.97. The van der Waals surface area contributed by atoms with E-state index in [1.54, 1.807) is 11.3 Å². The van der Waals surface area contributed by atoms with Crippen molar-refractivity contribution in [3.63, 3.8) is 0 Å². The van der Waals surface area contributed by atoms with Crippen LogP contribution in [0.25, 0.3) is 0 Å². The van der Waals surface area contributed by atoms with Crippen molar-refractivity contribution in [3.8, 4) is 0 Å². The van der Waals surface area contributed by atoms with E-state index in [1.807, 2.05) is 13.1 Å². The topological polar surface area (TPSA) is 12.0 Å². The van der Waals surface area contributed by atoms with Crippen molar-refractivity contribution in [2.75, 3.05) is 13.6 Å². The molecule has 1 nitrogen and oxygen atoms in total. The van der Waals surface area contributed by atoms with E-state index in [9.17, 15) is 0 Å². The lowest BCUT2D eigenvalue weighted by molar-refractivity contribution is 0.537. The molecular formula is C11H16ClNS. The zero-order valence-electron chi connectivity index (χ0n) is 8.80. The Labute approximate surface area is 94.5 Å². The van der Waals surface area contributed by atoms with Crippen LogP contribution in [0.3, 0.4) is 0 Å². The summed E-state index contributed by atoms with van der Waals surface area (Å²) in [5.74, 6) is 1.47. The highest BCUT2D eigenvalue weighted by molar-refractivity contribution is 7.16. The predicted molar refractivity (Wildman–Crippen MR) is 63.3 cm³/mol. The van der Waals surface area contributed by atoms with Gasteiger partial charge in [0, 0.05) is 10.8 Å². The zero-order chi connectivity index (χ0) is 10.3. The summed E-state index contributed by atoms with van der Waals surface area (Å²) in [6, 6.07) is 4.18. The second-order valence-corrected chi connectivity index (χ2v) is 6.35. The normalized spacial score (nSPS) is 29.1. The van der Waals surface area contributed by atoms with Crippen LogP contribution in [0.5, 0.6) is 0 Å². The Kier molecular flexibility index (Phi) is 2.63. The highest BCUT2D eigenvalue weighted by Crippen LogP contribution is 2.65. The van der Waals surface area contributed by atoms with Gasteiger partial charge in [-0.1, -0.05) is 25.4 Å². The molecule has 3 heteroatoms. The molecule has 1 fully saturated rings. The van der Waals surface area contributed by atoms with E-state index in [4.69, 9.17) is 11.6 Å². The Morgan fingerprint density at radius 3 is 2.71 bits per heavy atom.